The number of carbonyl (C=O) groups is 1. The summed E-state index contributed by atoms with van der Waals surface area (Å²) in [4.78, 5) is 16.0. The van der Waals surface area contributed by atoms with E-state index >= 15 is 0 Å². The molecule has 6 nitrogen and oxygen atoms in total. The lowest BCUT2D eigenvalue weighted by Gasteiger charge is -2.30. The molecule has 0 saturated carbocycles. The van der Waals surface area contributed by atoms with Crippen LogP contribution in [-0.2, 0) is 21.0 Å². The Kier molecular flexibility index (Phi) is 4.03. The van der Waals surface area contributed by atoms with Crippen LogP contribution in [0.25, 0.3) is 10.9 Å². The number of fused-ring (bicyclic) bond motifs is 2. The summed E-state index contributed by atoms with van der Waals surface area (Å²) in [7, 11) is -4.25. The van der Waals surface area contributed by atoms with Gasteiger partial charge in [-0.1, -0.05) is 18.2 Å². The van der Waals surface area contributed by atoms with Crippen LogP contribution in [0.2, 0.25) is 0 Å². The molecule has 0 saturated heterocycles. The van der Waals surface area contributed by atoms with Crippen molar-refractivity contribution in [3.8, 4) is 0 Å². The van der Waals surface area contributed by atoms with Gasteiger partial charge in [-0.25, -0.2) is 8.42 Å². The normalized spacial score (nSPS) is 14.7. The smallest absolute Gasteiger partial charge is 0.323 e. The number of anilines is 2. The number of para-hydroxylation sites is 1. The first-order valence-corrected chi connectivity index (χ1v) is 9.49. The van der Waals surface area contributed by atoms with Crippen molar-refractivity contribution in [2.75, 3.05) is 16.2 Å². The third-order valence-electron chi connectivity index (χ3n) is 4.32. The number of carbonyl (C=O) groups excluding carboxylic acids is 1. The van der Waals surface area contributed by atoms with E-state index < -0.39 is 34.2 Å². The van der Waals surface area contributed by atoms with Crippen molar-refractivity contribution in [3.63, 3.8) is 0 Å². The lowest BCUT2D eigenvalue weighted by molar-refractivity contribution is -0.137. The topological polar surface area (TPSA) is 79.4 Å². The molecule has 0 unspecified atom stereocenters. The molecule has 10 heteroatoms. The van der Waals surface area contributed by atoms with Crippen molar-refractivity contribution in [1.29, 1.82) is 0 Å². The van der Waals surface area contributed by atoms with E-state index in [4.69, 9.17) is 0 Å². The molecule has 1 aliphatic heterocycles. The van der Waals surface area contributed by atoms with Gasteiger partial charge in [0.1, 0.15) is 11.4 Å². The third-order valence-corrected chi connectivity index (χ3v) is 6.11. The number of sulfonamides is 1. The molecular formula is C18H12F3N3O3S. The fourth-order valence-corrected chi connectivity index (χ4v) is 4.66. The lowest BCUT2D eigenvalue weighted by Crippen LogP contribution is -2.42. The van der Waals surface area contributed by atoms with Crippen molar-refractivity contribution >= 4 is 38.2 Å². The minimum atomic E-state index is -4.62. The van der Waals surface area contributed by atoms with E-state index in [1.54, 1.807) is 18.2 Å². The zero-order valence-corrected chi connectivity index (χ0v) is 14.9. The molecule has 1 aliphatic rings. The molecule has 0 radical (unpaired) electrons. The van der Waals surface area contributed by atoms with Crippen molar-refractivity contribution < 1.29 is 26.4 Å². The molecule has 0 bridgehead atoms. The van der Waals surface area contributed by atoms with Gasteiger partial charge >= 0.3 is 6.18 Å². The summed E-state index contributed by atoms with van der Waals surface area (Å²) in [5, 5.41) is 2.88. The molecule has 0 atom stereocenters. The fourth-order valence-electron chi connectivity index (χ4n) is 3.05. The maximum atomic E-state index is 13.3. The van der Waals surface area contributed by atoms with Gasteiger partial charge in [0.2, 0.25) is 5.91 Å². The zero-order chi connectivity index (χ0) is 20.1. The van der Waals surface area contributed by atoms with Crippen LogP contribution in [0, 0.1) is 0 Å². The van der Waals surface area contributed by atoms with E-state index in [2.05, 4.69) is 10.3 Å². The van der Waals surface area contributed by atoms with Crippen LogP contribution in [0.3, 0.4) is 0 Å². The number of benzene rings is 2. The van der Waals surface area contributed by atoms with Gasteiger partial charge in [0.25, 0.3) is 10.0 Å². The van der Waals surface area contributed by atoms with Crippen LogP contribution in [0.15, 0.2) is 59.6 Å². The molecule has 1 amide bonds. The Morgan fingerprint density at radius 1 is 1.07 bits per heavy atom. The molecule has 1 aromatic heterocycles. The number of pyridine rings is 1. The number of nitrogens with zero attached hydrogens (tertiary/aromatic N) is 2. The van der Waals surface area contributed by atoms with Crippen LogP contribution in [0.5, 0.6) is 0 Å². The number of alkyl halides is 3. The number of aromatic nitrogens is 1. The van der Waals surface area contributed by atoms with E-state index in [0.717, 1.165) is 22.5 Å². The Hall–Kier alpha value is -3.14. The summed E-state index contributed by atoms with van der Waals surface area (Å²) < 4.78 is 66.3. The summed E-state index contributed by atoms with van der Waals surface area (Å²) in [6, 6.07) is 10.4. The summed E-state index contributed by atoms with van der Waals surface area (Å²) >= 11 is 0. The molecular weight excluding hydrogens is 395 g/mol. The Balaban J connectivity index is 1.89. The molecule has 1 N–H and O–H groups in total. The maximum Gasteiger partial charge on any atom is 0.416 e. The van der Waals surface area contributed by atoms with Crippen LogP contribution >= 0.6 is 0 Å². The number of amides is 1. The van der Waals surface area contributed by atoms with E-state index in [1.807, 2.05) is 0 Å². The number of hydrogen-bond acceptors (Lipinski definition) is 4. The van der Waals surface area contributed by atoms with E-state index in [0.29, 0.717) is 5.39 Å². The summed E-state index contributed by atoms with van der Waals surface area (Å²) in [6.45, 7) is -0.552. The number of hydrogen-bond donors (Lipinski definition) is 1. The highest BCUT2D eigenvalue weighted by Gasteiger charge is 2.37. The van der Waals surface area contributed by atoms with Gasteiger partial charge in [-0.3, -0.25) is 14.1 Å². The minimum absolute atomic E-state index is 0.0412. The monoisotopic (exact) mass is 407 g/mol. The highest BCUT2D eigenvalue weighted by atomic mass is 32.2. The predicted octanol–water partition coefficient (Wildman–Crippen LogP) is 3.40. The van der Waals surface area contributed by atoms with Crippen molar-refractivity contribution in [2.24, 2.45) is 0 Å². The predicted molar refractivity (Wildman–Crippen MR) is 96.3 cm³/mol. The quantitative estimate of drug-likeness (QED) is 0.706. The molecule has 3 aromatic rings. The van der Waals surface area contributed by atoms with Gasteiger partial charge in [-0.05, 0) is 30.3 Å². The standard InChI is InChI=1S/C18H12F3N3O3S/c19-18(20,21)12-6-7-14-13(9-12)23-16(25)10-24(14)28(26,27)15-5-1-3-11-4-2-8-22-17(11)15/h1-9H,10H2,(H,23,25). The first-order chi connectivity index (χ1) is 13.2. The van der Waals surface area contributed by atoms with E-state index in [-0.39, 0.29) is 21.8 Å². The Morgan fingerprint density at radius 2 is 1.82 bits per heavy atom. The van der Waals surface area contributed by atoms with Gasteiger partial charge in [-0.15, -0.1) is 0 Å². The molecule has 28 heavy (non-hydrogen) atoms. The van der Waals surface area contributed by atoms with Crippen molar-refractivity contribution in [1.82, 2.24) is 4.98 Å². The van der Waals surface area contributed by atoms with Crippen molar-refractivity contribution in [2.45, 2.75) is 11.1 Å². The van der Waals surface area contributed by atoms with Gasteiger partial charge in [0, 0.05) is 11.6 Å². The van der Waals surface area contributed by atoms with Gasteiger partial charge in [-0.2, -0.15) is 13.2 Å². The summed E-state index contributed by atoms with van der Waals surface area (Å²) in [5.74, 6) is -0.733. The minimum Gasteiger partial charge on any atom is -0.323 e. The molecule has 0 aliphatic carbocycles. The number of nitrogens with one attached hydrogen (secondary N) is 1. The molecule has 0 spiro atoms. The second-order valence-corrected chi connectivity index (χ2v) is 7.95. The SMILES string of the molecule is O=C1CN(S(=O)(=O)c2cccc3cccnc23)c2ccc(C(F)(F)F)cc2N1. The highest BCUT2D eigenvalue weighted by Crippen LogP contribution is 2.39. The Labute approximate surface area is 157 Å². The Morgan fingerprint density at radius 3 is 2.57 bits per heavy atom. The van der Waals surface area contributed by atoms with Crippen LogP contribution < -0.4 is 9.62 Å². The highest BCUT2D eigenvalue weighted by molar-refractivity contribution is 7.93. The molecule has 4 rings (SSSR count). The van der Waals surface area contributed by atoms with Gasteiger partial charge in [0.05, 0.1) is 22.5 Å². The summed E-state index contributed by atoms with van der Waals surface area (Å²) in [5.41, 5.74) is -1.04. The second-order valence-electron chi connectivity index (χ2n) is 6.12. The number of halogens is 3. The van der Waals surface area contributed by atoms with Crippen LogP contribution in [-0.4, -0.2) is 25.9 Å². The first-order valence-electron chi connectivity index (χ1n) is 8.05. The largest absolute Gasteiger partial charge is 0.416 e. The summed E-state index contributed by atoms with van der Waals surface area (Å²) in [6.07, 6.45) is -3.19. The Bertz CT molecular complexity index is 1200. The van der Waals surface area contributed by atoms with Crippen molar-refractivity contribution in [3.05, 3.63) is 60.3 Å². The van der Waals surface area contributed by atoms with E-state index in [1.165, 1.54) is 18.3 Å². The average Bonchev–Trinajstić information content (AvgIpc) is 2.65. The molecule has 0 fully saturated rings. The van der Waals surface area contributed by atoms with Gasteiger partial charge < -0.3 is 5.32 Å². The number of rotatable bonds is 2. The molecule has 144 valence electrons. The first kappa shape index (κ1) is 18.2. The zero-order valence-electron chi connectivity index (χ0n) is 14.1. The molecule has 2 heterocycles. The van der Waals surface area contributed by atoms with Crippen LogP contribution in [0.4, 0.5) is 24.5 Å². The molecule has 2 aromatic carbocycles. The van der Waals surface area contributed by atoms with Crippen LogP contribution in [0.1, 0.15) is 5.56 Å². The fraction of sp³-hybridized carbons (Fsp3) is 0.111. The maximum absolute atomic E-state index is 13.3. The van der Waals surface area contributed by atoms with Gasteiger partial charge in [0.15, 0.2) is 0 Å². The lowest BCUT2D eigenvalue weighted by atomic mass is 10.1. The van der Waals surface area contributed by atoms with E-state index in [9.17, 15) is 26.4 Å². The second kappa shape index (κ2) is 6.20. The third kappa shape index (κ3) is 2.95. The average molecular weight is 407 g/mol.